The maximum atomic E-state index is 9.40. The van der Waals surface area contributed by atoms with E-state index >= 15 is 0 Å². The minimum absolute atomic E-state index is 0.199. The minimum atomic E-state index is 0.199. The Balaban J connectivity index is 1.99. The number of aromatic nitrogens is 2. The molecule has 0 aliphatic carbocycles. The van der Waals surface area contributed by atoms with Gasteiger partial charge in [-0.25, -0.2) is 4.98 Å². The van der Waals surface area contributed by atoms with Crippen molar-refractivity contribution in [2.24, 2.45) is 0 Å². The van der Waals surface area contributed by atoms with Crippen LogP contribution in [0.4, 0.5) is 0 Å². The van der Waals surface area contributed by atoms with Gasteiger partial charge in [0.2, 0.25) is 0 Å². The van der Waals surface area contributed by atoms with Crippen LogP contribution in [0.3, 0.4) is 0 Å². The molecule has 1 aliphatic rings. The van der Waals surface area contributed by atoms with E-state index in [2.05, 4.69) is 42.0 Å². The van der Waals surface area contributed by atoms with Gasteiger partial charge in [-0.3, -0.25) is 0 Å². The molecule has 0 fully saturated rings. The van der Waals surface area contributed by atoms with Crippen molar-refractivity contribution in [1.29, 1.82) is 0 Å². The Labute approximate surface area is 107 Å². The normalized spacial score (nSPS) is 18.7. The Bertz CT molecular complexity index is 542. The molecule has 2 aromatic rings. The highest BCUT2D eigenvalue weighted by atomic mass is 16.3. The Hall–Kier alpha value is -1.61. The molecule has 1 aliphatic heterocycles. The van der Waals surface area contributed by atoms with Gasteiger partial charge in [0.25, 0.3) is 0 Å². The quantitative estimate of drug-likeness (QED) is 0.879. The number of hydrogen-bond donors (Lipinski definition) is 1. The largest absolute Gasteiger partial charge is 0.396 e. The van der Waals surface area contributed by atoms with E-state index in [1.54, 1.807) is 0 Å². The Morgan fingerprint density at radius 1 is 1.33 bits per heavy atom. The van der Waals surface area contributed by atoms with Gasteiger partial charge in [-0.2, -0.15) is 0 Å². The second-order valence-corrected chi connectivity index (χ2v) is 5.07. The van der Waals surface area contributed by atoms with Crippen molar-refractivity contribution in [2.45, 2.75) is 32.2 Å². The van der Waals surface area contributed by atoms with Crippen LogP contribution in [0, 0.1) is 6.92 Å². The highest BCUT2D eigenvalue weighted by Crippen LogP contribution is 2.29. The number of aliphatic hydroxyl groups excluding tert-OH is 1. The van der Waals surface area contributed by atoms with Crippen molar-refractivity contribution in [2.75, 3.05) is 6.61 Å². The lowest BCUT2D eigenvalue weighted by atomic mass is 10.0. The van der Waals surface area contributed by atoms with Crippen LogP contribution in [-0.2, 0) is 6.54 Å². The van der Waals surface area contributed by atoms with Crippen LogP contribution in [-0.4, -0.2) is 21.3 Å². The SMILES string of the molecule is Cc1ccc(-c2cn3c(n2)C(CO)CCC3)cc1. The molecule has 0 radical (unpaired) electrons. The van der Waals surface area contributed by atoms with Crippen LogP contribution in [0.5, 0.6) is 0 Å². The molecule has 94 valence electrons. The van der Waals surface area contributed by atoms with E-state index in [-0.39, 0.29) is 12.5 Å². The van der Waals surface area contributed by atoms with E-state index < -0.39 is 0 Å². The molecule has 0 bridgehead atoms. The summed E-state index contributed by atoms with van der Waals surface area (Å²) in [6, 6.07) is 8.43. The van der Waals surface area contributed by atoms with E-state index in [0.717, 1.165) is 36.5 Å². The maximum absolute atomic E-state index is 9.40. The summed E-state index contributed by atoms with van der Waals surface area (Å²) in [6.45, 7) is 3.30. The summed E-state index contributed by atoms with van der Waals surface area (Å²) in [6.07, 6.45) is 4.28. The van der Waals surface area contributed by atoms with Gasteiger partial charge < -0.3 is 9.67 Å². The second-order valence-electron chi connectivity index (χ2n) is 5.07. The van der Waals surface area contributed by atoms with Gasteiger partial charge in [0.1, 0.15) is 5.82 Å². The molecule has 1 aromatic heterocycles. The average Bonchev–Trinajstić information content (AvgIpc) is 2.83. The average molecular weight is 242 g/mol. The van der Waals surface area contributed by atoms with Gasteiger partial charge in [-0.1, -0.05) is 29.8 Å². The first-order chi connectivity index (χ1) is 8.78. The number of nitrogens with zero attached hydrogens (tertiary/aromatic N) is 2. The van der Waals surface area contributed by atoms with Crippen molar-refractivity contribution < 1.29 is 5.11 Å². The smallest absolute Gasteiger partial charge is 0.114 e. The van der Waals surface area contributed by atoms with E-state index in [1.165, 1.54) is 5.56 Å². The van der Waals surface area contributed by atoms with Crippen LogP contribution in [0.1, 0.15) is 30.1 Å². The lowest BCUT2D eigenvalue weighted by Crippen LogP contribution is -2.18. The standard InChI is InChI=1S/C15H18N2O/c1-11-4-6-12(7-5-11)14-9-17-8-2-3-13(10-18)15(17)16-14/h4-7,9,13,18H,2-3,8,10H2,1H3. The number of fused-ring (bicyclic) bond motifs is 1. The third-order valence-electron chi connectivity index (χ3n) is 3.69. The third kappa shape index (κ3) is 1.95. The van der Waals surface area contributed by atoms with Crippen LogP contribution in [0.15, 0.2) is 30.5 Å². The zero-order chi connectivity index (χ0) is 12.5. The minimum Gasteiger partial charge on any atom is -0.396 e. The summed E-state index contributed by atoms with van der Waals surface area (Å²) in [5.41, 5.74) is 3.43. The number of imidazole rings is 1. The molecule has 1 unspecified atom stereocenters. The number of aliphatic hydroxyl groups is 1. The zero-order valence-electron chi connectivity index (χ0n) is 10.6. The zero-order valence-corrected chi connectivity index (χ0v) is 10.6. The molecular formula is C15H18N2O. The number of aryl methyl sites for hydroxylation is 2. The van der Waals surface area contributed by atoms with Crippen molar-refractivity contribution >= 4 is 0 Å². The molecule has 18 heavy (non-hydrogen) atoms. The molecule has 0 saturated carbocycles. The number of rotatable bonds is 2. The molecule has 1 N–H and O–H groups in total. The molecule has 0 amide bonds. The summed E-state index contributed by atoms with van der Waals surface area (Å²) in [4.78, 5) is 4.71. The lowest BCUT2D eigenvalue weighted by Gasteiger charge is -2.21. The van der Waals surface area contributed by atoms with Crippen LogP contribution < -0.4 is 0 Å². The fraction of sp³-hybridized carbons (Fsp3) is 0.400. The first-order valence-corrected chi connectivity index (χ1v) is 6.53. The van der Waals surface area contributed by atoms with E-state index in [9.17, 15) is 5.11 Å². The Morgan fingerprint density at radius 2 is 2.11 bits per heavy atom. The first kappa shape index (κ1) is 11.5. The van der Waals surface area contributed by atoms with Gasteiger partial charge in [-0.05, 0) is 19.8 Å². The highest BCUT2D eigenvalue weighted by Gasteiger charge is 2.22. The Morgan fingerprint density at radius 3 is 2.83 bits per heavy atom. The molecule has 0 saturated heterocycles. The van der Waals surface area contributed by atoms with Crippen LogP contribution in [0.25, 0.3) is 11.3 Å². The molecule has 1 atom stereocenters. The van der Waals surface area contributed by atoms with Crippen LogP contribution in [0.2, 0.25) is 0 Å². The predicted octanol–water partition coefficient (Wildman–Crippen LogP) is 2.73. The second kappa shape index (κ2) is 4.58. The summed E-state index contributed by atoms with van der Waals surface area (Å²) < 4.78 is 2.19. The number of hydrogen-bond acceptors (Lipinski definition) is 2. The van der Waals surface area contributed by atoms with Gasteiger partial charge in [0.05, 0.1) is 12.3 Å². The highest BCUT2D eigenvalue weighted by molar-refractivity contribution is 5.59. The summed E-state index contributed by atoms with van der Waals surface area (Å²) >= 11 is 0. The lowest BCUT2D eigenvalue weighted by molar-refractivity contribution is 0.238. The fourth-order valence-corrected chi connectivity index (χ4v) is 2.61. The molecule has 3 nitrogen and oxygen atoms in total. The van der Waals surface area contributed by atoms with E-state index in [4.69, 9.17) is 4.98 Å². The van der Waals surface area contributed by atoms with Crippen molar-refractivity contribution in [1.82, 2.24) is 9.55 Å². The number of benzene rings is 1. The fourth-order valence-electron chi connectivity index (χ4n) is 2.61. The van der Waals surface area contributed by atoms with Crippen molar-refractivity contribution in [3.63, 3.8) is 0 Å². The maximum Gasteiger partial charge on any atom is 0.114 e. The van der Waals surface area contributed by atoms with Gasteiger partial charge >= 0.3 is 0 Å². The van der Waals surface area contributed by atoms with Gasteiger partial charge in [0.15, 0.2) is 0 Å². The summed E-state index contributed by atoms with van der Waals surface area (Å²) in [5.74, 6) is 1.25. The van der Waals surface area contributed by atoms with Gasteiger partial charge in [0, 0.05) is 24.2 Å². The van der Waals surface area contributed by atoms with E-state index in [1.807, 2.05) is 0 Å². The van der Waals surface area contributed by atoms with Gasteiger partial charge in [-0.15, -0.1) is 0 Å². The van der Waals surface area contributed by atoms with Crippen molar-refractivity contribution in [3.8, 4) is 11.3 Å². The van der Waals surface area contributed by atoms with E-state index in [0.29, 0.717) is 0 Å². The third-order valence-corrected chi connectivity index (χ3v) is 3.69. The Kier molecular flexibility index (Phi) is 2.92. The molecule has 0 spiro atoms. The predicted molar refractivity (Wildman–Crippen MR) is 71.5 cm³/mol. The molecule has 1 aromatic carbocycles. The summed E-state index contributed by atoms with van der Waals surface area (Å²) in [7, 11) is 0. The molecule has 3 rings (SSSR count). The monoisotopic (exact) mass is 242 g/mol. The summed E-state index contributed by atoms with van der Waals surface area (Å²) in [5, 5.41) is 9.40. The van der Waals surface area contributed by atoms with Crippen molar-refractivity contribution in [3.05, 3.63) is 41.9 Å². The molecule has 3 heteroatoms. The molecular weight excluding hydrogens is 224 g/mol. The first-order valence-electron chi connectivity index (χ1n) is 6.53. The topological polar surface area (TPSA) is 38.0 Å². The van der Waals surface area contributed by atoms with Crippen LogP contribution >= 0.6 is 0 Å². The molecule has 2 heterocycles.